The summed E-state index contributed by atoms with van der Waals surface area (Å²) in [6, 6.07) is -0.0702. The summed E-state index contributed by atoms with van der Waals surface area (Å²) in [6.45, 7) is 0.973. The minimum absolute atomic E-state index is 0.0702. The maximum Gasteiger partial charge on any atom is 0.323 e. The Morgan fingerprint density at radius 1 is 1.05 bits per heavy atom. The highest BCUT2D eigenvalue weighted by Gasteiger charge is 2.06. The second kappa shape index (κ2) is 6.93. The van der Waals surface area contributed by atoms with Crippen LogP contribution in [-0.2, 0) is 9.59 Å². The van der Waals surface area contributed by atoms with Crippen LogP contribution < -0.4 is 25.6 Å². The summed E-state index contributed by atoms with van der Waals surface area (Å²) in [5.41, 5.74) is 0. The lowest BCUT2D eigenvalue weighted by Gasteiger charge is -2.10. The number of hydrogen-bond acceptors (Lipinski definition) is 10. The fourth-order valence-corrected chi connectivity index (χ4v) is 1.01. The molecule has 1 aromatic heterocycles. The number of carbonyl (C=O) groups excluding carboxylic acids is 2. The Morgan fingerprint density at radius 3 is 1.89 bits per heavy atom. The van der Waals surface area contributed by atoms with E-state index < -0.39 is 25.0 Å². The molecule has 0 amide bonds. The van der Waals surface area contributed by atoms with Crippen molar-refractivity contribution in [2.24, 2.45) is 0 Å². The van der Waals surface area contributed by atoms with E-state index >= 15 is 0 Å². The van der Waals surface area contributed by atoms with Crippen LogP contribution in [0.4, 0.5) is 11.9 Å². The smallest absolute Gasteiger partial charge is 0.323 e. The first-order valence-corrected chi connectivity index (χ1v) is 5.27. The number of aliphatic carboxylic acids is 2. The van der Waals surface area contributed by atoms with Crippen molar-refractivity contribution in [3.05, 3.63) is 0 Å². The predicted octanol–water partition coefficient (Wildman–Crippen LogP) is -3.41. The number of aromatic nitrogens is 3. The summed E-state index contributed by atoms with van der Waals surface area (Å²) in [7, 11) is 0. The van der Waals surface area contributed by atoms with Crippen LogP contribution in [0, 0.1) is 0 Å². The van der Waals surface area contributed by atoms with Crippen molar-refractivity contribution in [3.63, 3.8) is 0 Å². The van der Waals surface area contributed by atoms with Crippen LogP contribution in [0.25, 0.3) is 0 Å². The van der Waals surface area contributed by atoms with Gasteiger partial charge in [0.1, 0.15) is 0 Å². The van der Waals surface area contributed by atoms with Gasteiger partial charge in [0.15, 0.2) is 0 Å². The number of nitrogens with zero attached hydrogens (tertiary/aromatic N) is 3. The zero-order chi connectivity index (χ0) is 14.3. The van der Waals surface area contributed by atoms with Gasteiger partial charge in [-0.25, -0.2) is 0 Å². The summed E-state index contributed by atoms with van der Waals surface area (Å²) in [5.74, 6) is -2.85. The molecule has 0 unspecified atom stereocenters. The quantitative estimate of drug-likeness (QED) is 0.488. The topological polar surface area (TPSA) is 152 Å². The molecule has 10 nitrogen and oxygen atoms in total. The van der Waals surface area contributed by atoms with Crippen molar-refractivity contribution in [3.8, 4) is 6.01 Å². The Kier molecular flexibility index (Phi) is 5.26. The monoisotopic (exact) mass is 269 g/mol. The Labute approximate surface area is 107 Å². The second-order valence-corrected chi connectivity index (χ2v) is 3.15. The van der Waals surface area contributed by atoms with E-state index in [1.165, 1.54) is 0 Å². The molecular weight excluding hydrogens is 258 g/mol. The summed E-state index contributed by atoms with van der Waals surface area (Å²) in [4.78, 5) is 31.9. The Hall–Kier alpha value is -2.65. The summed E-state index contributed by atoms with van der Waals surface area (Å²) in [6.07, 6.45) is 0. The molecular formula is C9H11N5O5-2. The average molecular weight is 269 g/mol. The van der Waals surface area contributed by atoms with Crippen molar-refractivity contribution < 1.29 is 24.5 Å². The van der Waals surface area contributed by atoms with Gasteiger partial charge in [0.05, 0.1) is 31.6 Å². The molecule has 0 spiro atoms. The van der Waals surface area contributed by atoms with Crippen LogP contribution in [0.5, 0.6) is 6.01 Å². The highest BCUT2D eigenvalue weighted by atomic mass is 16.5. The third-order valence-electron chi connectivity index (χ3n) is 1.67. The van der Waals surface area contributed by atoms with E-state index in [4.69, 9.17) is 4.74 Å². The summed E-state index contributed by atoms with van der Waals surface area (Å²) < 4.78 is 5.03. The average Bonchev–Trinajstić information content (AvgIpc) is 2.34. The molecule has 1 aromatic rings. The van der Waals surface area contributed by atoms with Crippen molar-refractivity contribution in [1.29, 1.82) is 0 Å². The van der Waals surface area contributed by atoms with E-state index in [9.17, 15) is 19.8 Å². The number of rotatable bonds is 8. The van der Waals surface area contributed by atoms with Gasteiger partial charge in [-0.1, -0.05) is 0 Å². The van der Waals surface area contributed by atoms with Gasteiger partial charge in [0.2, 0.25) is 11.9 Å². The molecule has 0 aromatic carbocycles. The molecule has 0 atom stereocenters. The van der Waals surface area contributed by atoms with E-state index in [1.54, 1.807) is 6.92 Å². The molecule has 19 heavy (non-hydrogen) atoms. The van der Waals surface area contributed by atoms with Crippen LogP contribution in [-0.4, -0.2) is 46.6 Å². The number of carboxylic acid groups (broad SMARTS) is 2. The molecule has 104 valence electrons. The molecule has 0 aliphatic heterocycles. The van der Waals surface area contributed by atoms with E-state index in [0.29, 0.717) is 0 Å². The van der Waals surface area contributed by atoms with Crippen molar-refractivity contribution >= 4 is 23.8 Å². The van der Waals surface area contributed by atoms with E-state index in [2.05, 4.69) is 25.6 Å². The number of carboxylic acids is 2. The molecule has 0 aliphatic carbocycles. The fraction of sp³-hybridized carbons (Fsp3) is 0.444. The highest BCUT2D eigenvalue weighted by Crippen LogP contribution is 2.10. The maximum absolute atomic E-state index is 10.3. The molecule has 0 saturated heterocycles. The first-order valence-electron chi connectivity index (χ1n) is 5.27. The maximum atomic E-state index is 10.3. The number of anilines is 2. The third kappa shape index (κ3) is 5.48. The van der Waals surface area contributed by atoms with Gasteiger partial charge in [-0.2, -0.15) is 15.0 Å². The Morgan fingerprint density at radius 2 is 1.53 bits per heavy atom. The van der Waals surface area contributed by atoms with Crippen LogP contribution in [0.3, 0.4) is 0 Å². The third-order valence-corrected chi connectivity index (χ3v) is 1.67. The molecule has 0 aliphatic rings. The predicted molar refractivity (Wildman–Crippen MR) is 58.0 cm³/mol. The zero-order valence-corrected chi connectivity index (χ0v) is 10.0. The SMILES string of the molecule is CCOc1nc(NCC(=O)[O-])nc(NCC(=O)[O-])n1. The summed E-state index contributed by atoms with van der Waals surface area (Å²) >= 11 is 0. The van der Waals surface area contributed by atoms with E-state index in [1.807, 2.05) is 0 Å². The van der Waals surface area contributed by atoms with Crippen LogP contribution >= 0.6 is 0 Å². The van der Waals surface area contributed by atoms with Crippen LogP contribution in [0.1, 0.15) is 6.92 Å². The van der Waals surface area contributed by atoms with Gasteiger partial charge < -0.3 is 35.2 Å². The number of nitrogens with one attached hydrogen (secondary N) is 2. The largest absolute Gasteiger partial charge is 0.548 e. The number of hydrogen-bond donors (Lipinski definition) is 2. The van der Waals surface area contributed by atoms with Crippen molar-refractivity contribution in [2.45, 2.75) is 6.92 Å². The Bertz CT molecular complexity index is 430. The lowest BCUT2D eigenvalue weighted by Crippen LogP contribution is -2.31. The van der Waals surface area contributed by atoms with Gasteiger partial charge >= 0.3 is 6.01 Å². The zero-order valence-electron chi connectivity index (χ0n) is 10.0. The lowest BCUT2D eigenvalue weighted by atomic mass is 10.6. The van der Waals surface area contributed by atoms with Gasteiger partial charge in [0.25, 0.3) is 0 Å². The molecule has 0 radical (unpaired) electrons. The minimum atomic E-state index is -1.34. The molecule has 10 heteroatoms. The molecule has 1 heterocycles. The van der Waals surface area contributed by atoms with Crippen molar-refractivity contribution in [1.82, 2.24) is 15.0 Å². The van der Waals surface area contributed by atoms with Gasteiger partial charge in [-0.3, -0.25) is 0 Å². The van der Waals surface area contributed by atoms with Gasteiger partial charge in [-0.15, -0.1) is 0 Å². The minimum Gasteiger partial charge on any atom is -0.548 e. The molecule has 1 rings (SSSR count). The number of carbonyl (C=O) groups is 2. The first-order chi connectivity index (χ1) is 9.01. The normalized spacial score (nSPS) is 9.74. The Balaban J connectivity index is 2.83. The van der Waals surface area contributed by atoms with Crippen LogP contribution in [0.15, 0.2) is 0 Å². The van der Waals surface area contributed by atoms with Gasteiger partial charge in [-0.05, 0) is 6.92 Å². The summed E-state index contributed by atoms with van der Waals surface area (Å²) in [5, 5.41) is 25.3. The molecule has 0 fully saturated rings. The van der Waals surface area contributed by atoms with Crippen molar-refractivity contribution in [2.75, 3.05) is 30.3 Å². The van der Waals surface area contributed by atoms with E-state index in [0.717, 1.165) is 0 Å². The lowest BCUT2D eigenvalue weighted by molar-refractivity contribution is -0.304. The van der Waals surface area contributed by atoms with E-state index in [-0.39, 0.29) is 24.5 Å². The number of ether oxygens (including phenoxy) is 1. The molecule has 2 N–H and O–H groups in total. The van der Waals surface area contributed by atoms with Gasteiger partial charge in [0, 0.05) is 0 Å². The second-order valence-electron chi connectivity index (χ2n) is 3.15. The first kappa shape index (κ1) is 14.4. The molecule has 0 bridgehead atoms. The fourth-order valence-electron chi connectivity index (χ4n) is 1.01. The highest BCUT2D eigenvalue weighted by molar-refractivity contribution is 5.70. The van der Waals surface area contributed by atoms with Crippen LogP contribution in [0.2, 0.25) is 0 Å². The standard InChI is InChI=1S/C9H13N5O5/c1-2-19-9-13-7(10-3-5(15)16)12-8(14-9)11-4-6(17)18/h2-4H2,1H3,(H,15,16)(H,17,18)(H2,10,11,12,13,14)/p-2. The molecule has 0 saturated carbocycles.